The second-order valence-electron chi connectivity index (χ2n) is 10.5. The highest BCUT2D eigenvalue weighted by molar-refractivity contribution is 5.96. The predicted molar refractivity (Wildman–Crippen MR) is 158 cm³/mol. The molecule has 0 bridgehead atoms. The first-order valence-corrected chi connectivity index (χ1v) is 13.3. The number of aryl methyl sites for hydroxylation is 1. The summed E-state index contributed by atoms with van der Waals surface area (Å²) >= 11 is 0. The lowest BCUT2D eigenvalue weighted by atomic mass is 9.88. The lowest BCUT2D eigenvalue weighted by molar-refractivity contribution is 0.0925. The molecular weight excluding hydrogens is 499 g/mol. The third kappa shape index (κ3) is 7.91. The molecule has 0 unspecified atom stereocenters. The Morgan fingerprint density at radius 2 is 1.41 bits per heavy atom. The molecule has 0 aromatic heterocycles. The van der Waals surface area contributed by atoms with Crippen molar-refractivity contribution in [2.75, 3.05) is 26.2 Å². The zero-order valence-electron chi connectivity index (χ0n) is 21.9. The van der Waals surface area contributed by atoms with Gasteiger partial charge in [0.2, 0.25) is 0 Å². The van der Waals surface area contributed by atoms with E-state index in [9.17, 15) is 4.79 Å². The second kappa shape index (κ2) is 14.1. The lowest BCUT2D eigenvalue weighted by Gasteiger charge is -2.32. The van der Waals surface area contributed by atoms with E-state index in [1.807, 2.05) is 0 Å². The molecule has 0 radical (unpaired) electrons. The van der Waals surface area contributed by atoms with Crippen molar-refractivity contribution in [3.05, 3.63) is 106 Å². The molecule has 0 N–H and O–H groups in total. The minimum Gasteiger partial charge on any atom is -0.299 e. The maximum absolute atomic E-state index is 13.2. The molecule has 5 heteroatoms. The molecule has 2 aliphatic rings. The van der Waals surface area contributed by atoms with Gasteiger partial charge in [0.15, 0.2) is 5.78 Å². The number of hydrogen-bond donors (Lipinski definition) is 0. The molecule has 198 valence electrons. The topological polar surface area (TPSA) is 23.6 Å². The third-order valence-corrected chi connectivity index (χ3v) is 8.01. The van der Waals surface area contributed by atoms with E-state index in [-0.39, 0.29) is 24.8 Å². The zero-order valence-corrected chi connectivity index (χ0v) is 23.5. The maximum Gasteiger partial charge on any atom is 0.163 e. The van der Waals surface area contributed by atoms with Crippen LogP contribution in [-0.2, 0) is 25.9 Å². The van der Waals surface area contributed by atoms with Crippen molar-refractivity contribution in [2.24, 2.45) is 5.92 Å². The Balaban J connectivity index is 0.00000190. The van der Waals surface area contributed by atoms with Gasteiger partial charge in [0.25, 0.3) is 0 Å². The number of ketones is 1. The Kier molecular flexibility index (Phi) is 11.2. The molecule has 3 aromatic rings. The van der Waals surface area contributed by atoms with Gasteiger partial charge in [-0.3, -0.25) is 14.6 Å². The molecule has 2 aliphatic heterocycles. The van der Waals surface area contributed by atoms with Crippen molar-refractivity contribution in [2.45, 2.75) is 52.1 Å². The Bertz CT molecular complexity index is 1140. The van der Waals surface area contributed by atoms with E-state index >= 15 is 0 Å². The van der Waals surface area contributed by atoms with E-state index in [0.717, 1.165) is 70.5 Å². The van der Waals surface area contributed by atoms with Crippen LogP contribution in [0.2, 0.25) is 0 Å². The van der Waals surface area contributed by atoms with Gasteiger partial charge in [0.05, 0.1) is 0 Å². The summed E-state index contributed by atoms with van der Waals surface area (Å²) in [5, 5.41) is 0. The fourth-order valence-electron chi connectivity index (χ4n) is 5.70. The Labute approximate surface area is 235 Å². The van der Waals surface area contributed by atoms with Crippen LogP contribution in [0.1, 0.15) is 57.4 Å². The number of halogens is 2. The number of rotatable bonds is 7. The van der Waals surface area contributed by atoms with Crippen molar-refractivity contribution in [3.8, 4) is 0 Å². The molecule has 0 aliphatic carbocycles. The van der Waals surface area contributed by atoms with Crippen molar-refractivity contribution in [3.63, 3.8) is 0 Å². The van der Waals surface area contributed by atoms with Crippen LogP contribution in [0.3, 0.4) is 0 Å². The van der Waals surface area contributed by atoms with Crippen molar-refractivity contribution >= 4 is 30.6 Å². The number of Topliss-reactive ketones (excluding diaryl/α,β-unsaturated/α-hetero) is 1. The maximum atomic E-state index is 13.2. The summed E-state index contributed by atoms with van der Waals surface area (Å²) < 4.78 is 0. The predicted octanol–water partition coefficient (Wildman–Crippen LogP) is 6.92. The summed E-state index contributed by atoms with van der Waals surface area (Å²) in [6.45, 7) is 8.54. The quantitative estimate of drug-likeness (QED) is 0.305. The summed E-state index contributed by atoms with van der Waals surface area (Å²) in [5.74, 6) is 0.839. The number of piperidine rings is 1. The van der Waals surface area contributed by atoms with E-state index in [2.05, 4.69) is 89.5 Å². The standard InChI is InChI=1S/C32H38N2O.2ClH/c1-25-7-5-6-10-31(25)24-34-17-13-26(14-18-34)21-32(35)30-12-11-28-15-19-33(20-16-29(28)22-30)23-27-8-3-2-4-9-27;;/h2-12,22,26H,13-21,23-24H2,1H3;2*1H. The van der Waals surface area contributed by atoms with Crippen LogP contribution in [0.15, 0.2) is 72.8 Å². The Morgan fingerprint density at radius 3 is 2.14 bits per heavy atom. The van der Waals surface area contributed by atoms with Gasteiger partial charge in [-0.2, -0.15) is 0 Å². The van der Waals surface area contributed by atoms with Gasteiger partial charge >= 0.3 is 0 Å². The molecule has 5 rings (SSSR count). The molecule has 1 saturated heterocycles. The van der Waals surface area contributed by atoms with Gasteiger partial charge in [-0.05, 0) is 85.5 Å². The number of benzene rings is 3. The molecule has 2 heterocycles. The number of likely N-dealkylation sites (tertiary alicyclic amines) is 1. The van der Waals surface area contributed by atoms with E-state index in [4.69, 9.17) is 0 Å². The summed E-state index contributed by atoms with van der Waals surface area (Å²) in [6.07, 6.45) is 5.03. The van der Waals surface area contributed by atoms with Gasteiger partial charge in [0, 0.05) is 38.2 Å². The van der Waals surface area contributed by atoms with Gasteiger partial charge in [-0.1, -0.05) is 66.7 Å². The first-order valence-electron chi connectivity index (χ1n) is 13.3. The number of nitrogens with zero attached hydrogens (tertiary/aromatic N) is 2. The fourth-order valence-corrected chi connectivity index (χ4v) is 5.70. The average Bonchev–Trinajstić information content (AvgIpc) is 3.09. The van der Waals surface area contributed by atoms with Crippen LogP contribution in [0.5, 0.6) is 0 Å². The Hall–Kier alpha value is -2.17. The van der Waals surface area contributed by atoms with E-state index in [0.29, 0.717) is 18.1 Å². The molecule has 0 spiro atoms. The van der Waals surface area contributed by atoms with Crippen molar-refractivity contribution in [1.82, 2.24) is 9.80 Å². The first kappa shape index (κ1) is 29.4. The average molecular weight is 540 g/mol. The minimum atomic E-state index is 0. The van der Waals surface area contributed by atoms with Crippen LogP contribution in [0.4, 0.5) is 0 Å². The highest BCUT2D eigenvalue weighted by Crippen LogP contribution is 2.26. The molecular formula is C32H40Cl2N2O. The molecule has 0 amide bonds. The summed E-state index contributed by atoms with van der Waals surface area (Å²) in [4.78, 5) is 18.3. The number of carbonyl (C=O) groups is 1. The highest BCUT2D eigenvalue weighted by atomic mass is 35.5. The van der Waals surface area contributed by atoms with Gasteiger partial charge < -0.3 is 0 Å². The van der Waals surface area contributed by atoms with Crippen molar-refractivity contribution in [1.29, 1.82) is 0 Å². The monoisotopic (exact) mass is 538 g/mol. The number of fused-ring (bicyclic) bond motifs is 1. The molecule has 1 fully saturated rings. The summed E-state index contributed by atoms with van der Waals surface area (Å²) in [5.41, 5.74) is 7.88. The van der Waals surface area contributed by atoms with Gasteiger partial charge in [0.1, 0.15) is 0 Å². The van der Waals surface area contributed by atoms with Crippen LogP contribution >= 0.6 is 24.8 Å². The zero-order chi connectivity index (χ0) is 24.0. The largest absolute Gasteiger partial charge is 0.299 e. The highest BCUT2D eigenvalue weighted by Gasteiger charge is 2.23. The minimum absolute atomic E-state index is 0. The first-order chi connectivity index (χ1) is 17.1. The SMILES string of the molecule is Cc1ccccc1CN1CCC(CC(=O)c2ccc3c(c2)CCN(Cc2ccccc2)CC3)CC1.Cl.Cl. The smallest absolute Gasteiger partial charge is 0.163 e. The van der Waals surface area contributed by atoms with Gasteiger partial charge in [-0.15, -0.1) is 24.8 Å². The van der Waals surface area contributed by atoms with Crippen molar-refractivity contribution < 1.29 is 4.79 Å². The summed E-state index contributed by atoms with van der Waals surface area (Å²) in [6, 6.07) is 25.9. The lowest BCUT2D eigenvalue weighted by Crippen LogP contribution is -2.34. The van der Waals surface area contributed by atoms with E-state index in [1.165, 1.54) is 27.8 Å². The number of hydrogen-bond acceptors (Lipinski definition) is 3. The molecule has 0 atom stereocenters. The van der Waals surface area contributed by atoms with Crippen LogP contribution in [0.25, 0.3) is 0 Å². The molecule has 0 saturated carbocycles. The Morgan fingerprint density at radius 1 is 0.757 bits per heavy atom. The van der Waals surface area contributed by atoms with Crippen LogP contribution < -0.4 is 0 Å². The normalized spacial score (nSPS) is 16.7. The van der Waals surface area contributed by atoms with Crippen LogP contribution in [-0.4, -0.2) is 41.8 Å². The molecule has 3 aromatic carbocycles. The number of carbonyl (C=O) groups excluding carboxylic acids is 1. The van der Waals surface area contributed by atoms with E-state index < -0.39 is 0 Å². The van der Waals surface area contributed by atoms with E-state index in [1.54, 1.807) is 0 Å². The molecule has 37 heavy (non-hydrogen) atoms. The van der Waals surface area contributed by atoms with Gasteiger partial charge in [-0.25, -0.2) is 0 Å². The second-order valence-corrected chi connectivity index (χ2v) is 10.5. The summed E-state index contributed by atoms with van der Waals surface area (Å²) in [7, 11) is 0. The third-order valence-electron chi connectivity index (χ3n) is 8.01. The molecule has 3 nitrogen and oxygen atoms in total. The fraction of sp³-hybridized carbons (Fsp3) is 0.406. The van der Waals surface area contributed by atoms with Crippen LogP contribution in [0, 0.1) is 12.8 Å².